The molecule has 0 unspecified atom stereocenters. The molecule has 2 nitrogen and oxygen atoms in total. The molecule has 0 amide bonds. The maximum absolute atomic E-state index is 7.00. The third kappa shape index (κ3) is 2.74. The van der Waals surface area contributed by atoms with Crippen molar-refractivity contribution >= 4 is 30.1 Å². The molecule has 4 heteroatoms. The molecule has 0 aliphatic carbocycles. The van der Waals surface area contributed by atoms with Crippen molar-refractivity contribution in [1.29, 1.82) is 0 Å². The molecule has 0 heterocycles. The van der Waals surface area contributed by atoms with E-state index in [1.54, 1.807) is 0 Å². The van der Waals surface area contributed by atoms with Crippen molar-refractivity contribution in [2.75, 3.05) is 0 Å². The van der Waals surface area contributed by atoms with Crippen molar-refractivity contribution in [3.05, 3.63) is 47.5 Å². The van der Waals surface area contributed by atoms with Crippen molar-refractivity contribution in [1.82, 2.24) is 0 Å². The van der Waals surface area contributed by atoms with Gasteiger partial charge in [-0.25, -0.2) is 0 Å². The van der Waals surface area contributed by atoms with Gasteiger partial charge >= 0.3 is 7.69 Å². The average Bonchev–Trinajstić information content (AvgIpc) is 2.20. The van der Waals surface area contributed by atoms with Crippen LogP contribution in [0.2, 0.25) is 5.02 Å². The topological polar surface area (TPSA) is 40.5 Å². The Balaban J connectivity index is 0.000000293. The van der Waals surface area contributed by atoms with Gasteiger partial charge in [0, 0.05) is 10.4 Å². The second-order valence-electron chi connectivity index (χ2n) is 2.58. The summed E-state index contributed by atoms with van der Waals surface area (Å²) in [7, 11) is 0. The van der Waals surface area contributed by atoms with Gasteiger partial charge in [0.15, 0.2) is 0 Å². The largest absolute Gasteiger partial charge is 0.482 e. The average molecular weight is 207 g/mol. The summed E-state index contributed by atoms with van der Waals surface area (Å²) >= 11 is 5.96. The lowest BCUT2D eigenvalue weighted by Gasteiger charge is -1.97. The summed E-state index contributed by atoms with van der Waals surface area (Å²) in [6, 6.07) is 14.0. The van der Waals surface area contributed by atoms with Gasteiger partial charge in [-0.3, -0.25) is 0 Å². The Bertz CT molecular complexity index is 401. The van der Waals surface area contributed by atoms with E-state index in [1.165, 1.54) is 5.39 Å². The lowest BCUT2D eigenvalue weighted by molar-refractivity contribution is 0.448. The molecule has 0 spiro atoms. The zero-order valence-electron chi connectivity index (χ0n) is 7.39. The Morgan fingerprint density at radius 1 is 0.929 bits per heavy atom. The molecule has 14 heavy (non-hydrogen) atoms. The molecule has 0 aliphatic rings. The smallest absolute Gasteiger partial charge is 0.429 e. The third-order valence-electron chi connectivity index (χ3n) is 1.74. The maximum Gasteiger partial charge on any atom is 0.482 e. The van der Waals surface area contributed by atoms with E-state index in [0.717, 1.165) is 10.4 Å². The molecular weight excluding hydrogens is 198 g/mol. The predicted molar refractivity (Wildman–Crippen MR) is 59.1 cm³/mol. The molecule has 71 valence electrons. The van der Waals surface area contributed by atoms with Crippen LogP contribution in [0, 0.1) is 0 Å². The van der Waals surface area contributed by atoms with Gasteiger partial charge in [-0.1, -0.05) is 48.0 Å². The first-order valence-corrected chi connectivity index (χ1v) is 4.40. The van der Waals surface area contributed by atoms with Crippen LogP contribution in [0.25, 0.3) is 10.8 Å². The minimum Gasteiger partial charge on any atom is -0.429 e. The fourth-order valence-corrected chi connectivity index (χ4v) is 1.43. The number of fused-ring (bicyclic) bond motifs is 1. The number of rotatable bonds is 0. The molecular formula is C10H9BClO2. The van der Waals surface area contributed by atoms with E-state index in [0.29, 0.717) is 0 Å². The molecule has 0 saturated heterocycles. The van der Waals surface area contributed by atoms with Gasteiger partial charge in [-0.2, -0.15) is 0 Å². The van der Waals surface area contributed by atoms with Crippen LogP contribution in [0.4, 0.5) is 0 Å². The molecule has 0 bridgehead atoms. The van der Waals surface area contributed by atoms with Crippen LogP contribution in [-0.2, 0) is 0 Å². The maximum atomic E-state index is 7.00. The van der Waals surface area contributed by atoms with Gasteiger partial charge in [0.25, 0.3) is 0 Å². The highest BCUT2D eigenvalue weighted by molar-refractivity contribution is 6.35. The highest BCUT2D eigenvalue weighted by atomic mass is 35.5. The standard InChI is InChI=1S/C10H7Cl.BH2O2/c11-10-7-3-5-8-4-1-2-6-9(8)10;2-1-3/h1-7H;2-3H. The van der Waals surface area contributed by atoms with E-state index in [2.05, 4.69) is 12.1 Å². The van der Waals surface area contributed by atoms with E-state index >= 15 is 0 Å². The summed E-state index contributed by atoms with van der Waals surface area (Å²) in [5, 5.41) is 17.1. The fourth-order valence-electron chi connectivity index (χ4n) is 1.19. The molecule has 2 aromatic carbocycles. The third-order valence-corrected chi connectivity index (χ3v) is 2.07. The van der Waals surface area contributed by atoms with E-state index in [-0.39, 0.29) is 7.69 Å². The molecule has 2 rings (SSSR count). The lowest BCUT2D eigenvalue weighted by atomic mass is 10.1. The minimum absolute atomic E-state index is 0. The summed E-state index contributed by atoms with van der Waals surface area (Å²) in [5.41, 5.74) is 0. The summed E-state index contributed by atoms with van der Waals surface area (Å²) < 4.78 is 0. The number of benzene rings is 2. The normalized spacial score (nSPS) is 9.07. The molecule has 0 atom stereocenters. The molecule has 0 fully saturated rings. The highest BCUT2D eigenvalue weighted by Gasteiger charge is 1.93. The van der Waals surface area contributed by atoms with E-state index in [4.69, 9.17) is 21.6 Å². The highest BCUT2D eigenvalue weighted by Crippen LogP contribution is 2.21. The van der Waals surface area contributed by atoms with Gasteiger partial charge in [0.05, 0.1) is 0 Å². The predicted octanol–water partition coefficient (Wildman–Crippen LogP) is 2.00. The van der Waals surface area contributed by atoms with Crippen LogP contribution in [0.1, 0.15) is 0 Å². The van der Waals surface area contributed by atoms with Crippen LogP contribution in [-0.4, -0.2) is 17.7 Å². The second-order valence-corrected chi connectivity index (χ2v) is 2.98. The van der Waals surface area contributed by atoms with Crippen molar-refractivity contribution in [3.8, 4) is 0 Å². The lowest BCUT2D eigenvalue weighted by Crippen LogP contribution is -1.75. The molecule has 0 aliphatic heterocycles. The summed E-state index contributed by atoms with van der Waals surface area (Å²) in [6.07, 6.45) is 0. The van der Waals surface area contributed by atoms with Gasteiger partial charge in [0.1, 0.15) is 0 Å². The van der Waals surface area contributed by atoms with Crippen molar-refractivity contribution in [2.45, 2.75) is 0 Å². The van der Waals surface area contributed by atoms with Crippen LogP contribution in [0.15, 0.2) is 42.5 Å². The van der Waals surface area contributed by atoms with E-state index in [1.807, 2.05) is 30.3 Å². The van der Waals surface area contributed by atoms with Crippen LogP contribution < -0.4 is 0 Å². The molecule has 2 aromatic rings. The Kier molecular flexibility index (Phi) is 4.46. The Morgan fingerprint density at radius 3 is 2.14 bits per heavy atom. The summed E-state index contributed by atoms with van der Waals surface area (Å²) in [5.74, 6) is 0. The Labute approximate surface area is 88.1 Å². The Hall–Kier alpha value is -1.03. The molecule has 0 saturated carbocycles. The van der Waals surface area contributed by atoms with Gasteiger partial charge < -0.3 is 10.0 Å². The first-order chi connectivity index (χ1) is 6.79. The van der Waals surface area contributed by atoms with E-state index in [9.17, 15) is 0 Å². The number of hydrogen-bond donors (Lipinski definition) is 2. The summed E-state index contributed by atoms with van der Waals surface area (Å²) in [4.78, 5) is 0. The van der Waals surface area contributed by atoms with Crippen LogP contribution >= 0.6 is 11.6 Å². The molecule has 1 radical (unpaired) electrons. The number of hydrogen-bond acceptors (Lipinski definition) is 2. The van der Waals surface area contributed by atoms with E-state index < -0.39 is 0 Å². The second kappa shape index (κ2) is 5.65. The minimum atomic E-state index is 0. The quantitative estimate of drug-likeness (QED) is 0.649. The van der Waals surface area contributed by atoms with Gasteiger partial charge in [-0.05, 0) is 11.5 Å². The van der Waals surface area contributed by atoms with Crippen molar-refractivity contribution < 1.29 is 10.0 Å². The first-order valence-electron chi connectivity index (χ1n) is 4.03. The van der Waals surface area contributed by atoms with Crippen molar-refractivity contribution in [3.63, 3.8) is 0 Å². The first kappa shape index (κ1) is 11.1. The monoisotopic (exact) mass is 207 g/mol. The van der Waals surface area contributed by atoms with Crippen LogP contribution in [0.3, 0.4) is 0 Å². The molecule has 0 aromatic heterocycles. The van der Waals surface area contributed by atoms with Crippen molar-refractivity contribution in [2.24, 2.45) is 0 Å². The molecule has 2 N–H and O–H groups in total. The number of halogens is 1. The fraction of sp³-hybridized carbons (Fsp3) is 0. The van der Waals surface area contributed by atoms with Gasteiger partial charge in [0.2, 0.25) is 0 Å². The Morgan fingerprint density at radius 2 is 1.50 bits per heavy atom. The SMILES string of the molecule is Clc1cccc2ccccc12.O[B]O. The van der Waals surface area contributed by atoms with Gasteiger partial charge in [-0.15, -0.1) is 0 Å². The van der Waals surface area contributed by atoms with Crippen LogP contribution in [0.5, 0.6) is 0 Å². The zero-order valence-corrected chi connectivity index (χ0v) is 8.15. The summed E-state index contributed by atoms with van der Waals surface area (Å²) in [6.45, 7) is 0. The zero-order chi connectivity index (χ0) is 10.4.